The molecule has 0 radical (unpaired) electrons. The van der Waals surface area contributed by atoms with Crippen LogP contribution in [0.1, 0.15) is 24.8 Å². The lowest BCUT2D eigenvalue weighted by atomic mass is 9.97. The van der Waals surface area contributed by atoms with Crippen LogP contribution in [0.2, 0.25) is 0 Å². The van der Waals surface area contributed by atoms with Crippen molar-refractivity contribution in [1.82, 2.24) is 5.32 Å². The molecule has 0 saturated heterocycles. The molecule has 0 aliphatic rings. The molecule has 4 nitrogen and oxygen atoms in total. The molecule has 5 heteroatoms. The molecule has 28 heavy (non-hydrogen) atoms. The van der Waals surface area contributed by atoms with Crippen molar-refractivity contribution in [1.29, 1.82) is 0 Å². The van der Waals surface area contributed by atoms with E-state index in [-0.39, 0.29) is 17.6 Å². The van der Waals surface area contributed by atoms with E-state index in [4.69, 9.17) is 9.47 Å². The summed E-state index contributed by atoms with van der Waals surface area (Å²) in [5.74, 6) is 0.878. The van der Waals surface area contributed by atoms with Crippen molar-refractivity contribution < 1.29 is 18.7 Å². The van der Waals surface area contributed by atoms with Gasteiger partial charge in [0.25, 0.3) is 0 Å². The van der Waals surface area contributed by atoms with Crippen molar-refractivity contribution in [2.45, 2.75) is 19.3 Å². The third kappa shape index (κ3) is 5.00. The minimum atomic E-state index is -0.290. The van der Waals surface area contributed by atoms with Gasteiger partial charge >= 0.3 is 0 Å². The monoisotopic (exact) mass is 381 g/mol. The van der Waals surface area contributed by atoms with Gasteiger partial charge < -0.3 is 14.8 Å². The van der Waals surface area contributed by atoms with Gasteiger partial charge in [-0.2, -0.15) is 0 Å². The van der Waals surface area contributed by atoms with Gasteiger partial charge in [0.05, 0.1) is 19.6 Å². The number of ether oxygens (including phenoxy) is 2. The van der Waals surface area contributed by atoms with Crippen LogP contribution in [0.15, 0.2) is 60.7 Å². The van der Waals surface area contributed by atoms with Crippen LogP contribution in [0, 0.1) is 5.82 Å². The Kier molecular flexibility index (Phi) is 6.48. The van der Waals surface area contributed by atoms with E-state index < -0.39 is 0 Å². The highest BCUT2D eigenvalue weighted by atomic mass is 19.1. The van der Waals surface area contributed by atoms with E-state index in [1.165, 1.54) is 12.1 Å². The summed E-state index contributed by atoms with van der Waals surface area (Å²) in [4.78, 5) is 12.4. The van der Waals surface area contributed by atoms with Gasteiger partial charge in [-0.3, -0.25) is 4.79 Å². The van der Waals surface area contributed by atoms with Crippen LogP contribution in [0.25, 0.3) is 10.8 Å². The number of nitrogens with one attached hydrogen (secondary N) is 1. The molecule has 0 heterocycles. The predicted molar refractivity (Wildman–Crippen MR) is 108 cm³/mol. The summed E-state index contributed by atoms with van der Waals surface area (Å²) in [5, 5.41) is 5.10. The Hall–Kier alpha value is -3.08. The van der Waals surface area contributed by atoms with Crippen LogP contribution in [0.5, 0.6) is 11.5 Å². The fraction of sp³-hybridized carbons (Fsp3) is 0.261. The van der Waals surface area contributed by atoms with Crippen molar-refractivity contribution in [2.24, 2.45) is 0 Å². The molecule has 1 N–H and O–H groups in total. The molecule has 0 aliphatic carbocycles. The first-order chi connectivity index (χ1) is 13.6. The maximum atomic E-state index is 12.8. The first-order valence-electron chi connectivity index (χ1n) is 9.30. The standard InChI is InChI=1S/C23H24FNO3/c1-16(17-4-5-19-15-22(27-2)9-6-18(19)14-17)23(26)25-12-3-13-28-21-10-7-20(24)8-11-21/h4-11,14-16H,3,12-13H2,1-2H3,(H,25,26)/t16-/m0/s1. The number of hydrogen-bond acceptors (Lipinski definition) is 3. The zero-order chi connectivity index (χ0) is 19.9. The molecular weight excluding hydrogens is 357 g/mol. The number of carbonyl (C=O) groups is 1. The summed E-state index contributed by atoms with van der Waals surface area (Å²) in [5.41, 5.74) is 0.970. The third-order valence-corrected chi connectivity index (χ3v) is 4.67. The Morgan fingerprint density at radius 3 is 2.43 bits per heavy atom. The summed E-state index contributed by atoms with van der Waals surface area (Å²) in [6.07, 6.45) is 0.674. The van der Waals surface area contributed by atoms with E-state index in [0.29, 0.717) is 25.3 Å². The molecule has 3 aromatic rings. The quantitative estimate of drug-likeness (QED) is 0.577. The lowest BCUT2D eigenvalue weighted by molar-refractivity contribution is -0.122. The van der Waals surface area contributed by atoms with Gasteiger partial charge in [-0.1, -0.05) is 24.3 Å². The Morgan fingerprint density at radius 2 is 1.68 bits per heavy atom. The summed E-state index contributed by atoms with van der Waals surface area (Å²) in [6.45, 7) is 2.88. The smallest absolute Gasteiger partial charge is 0.227 e. The second kappa shape index (κ2) is 9.22. The maximum Gasteiger partial charge on any atom is 0.227 e. The number of rotatable bonds is 8. The fourth-order valence-corrected chi connectivity index (χ4v) is 2.95. The number of carbonyl (C=O) groups excluding carboxylic acids is 1. The lowest BCUT2D eigenvalue weighted by Gasteiger charge is -2.14. The van der Waals surface area contributed by atoms with Crippen LogP contribution in [-0.2, 0) is 4.79 Å². The molecule has 0 aliphatic heterocycles. The fourth-order valence-electron chi connectivity index (χ4n) is 2.95. The molecule has 0 aromatic heterocycles. The van der Waals surface area contributed by atoms with Gasteiger partial charge in [-0.05, 0) is 66.1 Å². The molecule has 0 bridgehead atoms. The van der Waals surface area contributed by atoms with Crippen LogP contribution in [0.3, 0.4) is 0 Å². The van der Waals surface area contributed by atoms with Crippen molar-refractivity contribution >= 4 is 16.7 Å². The molecule has 1 atom stereocenters. The normalized spacial score (nSPS) is 11.8. The van der Waals surface area contributed by atoms with E-state index in [0.717, 1.165) is 22.1 Å². The molecular formula is C23H24FNO3. The van der Waals surface area contributed by atoms with Gasteiger partial charge in [-0.15, -0.1) is 0 Å². The summed E-state index contributed by atoms with van der Waals surface area (Å²) in [7, 11) is 1.65. The number of halogens is 1. The van der Waals surface area contributed by atoms with Crippen LogP contribution in [-0.4, -0.2) is 26.2 Å². The second-order valence-electron chi connectivity index (χ2n) is 6.64. The molecule has 1 amide bonds. The molecule has 3 aromatic carbocycles. The molecule has 0 saturated carbocycles. The van der Waals surface area contributed by atoms with E-state index in [2.05, 4.69) is 5.32 Å². The lowest BCUT2D eigenvalue weighted by Crippen LogP contribution is -2.29. The van der Waals surface area contributed by atoms with E-state index in [1.807, 2.05) is 43.3 Å². The van der Waals surface area contributed by atoms with Gasteiger partial charge in [0.1, 0.15) is 17.3 Å². The number of fused-ring (bicyclic) bond motifs is 1. The maximum absolute atomic E-state index is 12.8. The van der Waals surface area contributed by atoms with Gasteiger partial charge in [0.15, 0.2) is 0 Å². The van der Waals surface area contributed by atoms with Crippen molar-refractivity contribution in [2.75, 3.05) is 20.3 Å². The Morgan fingerprint density at radius 1 is 1.00 bits per heavy atom. The minimum absolute atomic E-state index is 0.0188. The molecule has 146 valence electrons. The second-order valence-corrected chi connectivity index (χ2v) is 6.64. The summed E-state index contributed by atoms with van der Waals surface area (Å²) >= 11 is 0. The number of amides is 1. The Balaban J connectivity index is 1.48. The van der Waals surface area contributed by atoms with E-state index >= 15 is 0 Å². The minimum Gasteiger partial charge on any atom is -0.497 e. The van der Waals surface area contributed by atoms with Gasteiger partial charge in [-0.25, -0.2) is 4.39 Å². The molecule has 0 unspecified atom stereocenters. The number of methoxy groups -OCH3 is 1. The highest BCUT2D eigenvalue weighted by Gasteiger charge is 2.15. The van der Waals surface area contributed by atoms with Crippen molar-refractivity contribution in [3.05, 3.63) is 72.0 Å². The summed E-state index contributed by atoms with van der Waals surface area (Å²) < 4.78 is 23.6. The average Bonchev–Trinajstić information content (AvgIpc) is 2.73. The average molecular weight is 381 g/mol. The van der Waals surface area contributed by atoms with E-state index in [9.17, 15) is 9.18 Å². The molecule has 0 spiro atoms. The number of benzene rings is 3. The van der Waals surface area contributed by atoms with Crippen molar-refractivity contribution in [3.8, 4) is 11.5 Å². The third-order valence-electron chi connectivity index (χ3n) is 4.67. The van der Waals surface area contributed by atoms with Crippen LogP contribution < -0.4 is 14.8 Å². The molecule has 0 fully saturated rings. The Bertz CT molecular complexity index is 940. The SMILES string of the molecule is COc1ccc2cc([C@H](C)C(=O)NCCCOc3ccc(F)cc3)ccc2c1. The Labute approximate surface area is 164 Å². The number of hydrogen-bond donors (Lipinski definition) is 1. The molecule has 3 rings (SSSR count). The van der Waals surface area contributed by atoms with Gasteiger partial charge in [0, 0.05) is 6.54 Å². The predicted octanol–water partition coefficient (Wildman–Crippen LogP) is 4.68. The van der Waals surface area contributed by atoms with Gasteiger partial charge in [0.2, 0.25) is 5.91 Å². The van der Waals surface area contributed by atoms with Crippen molar-refractivity contribution in [3.63, 3.8) is 0 Å². The zero-order valence-electron chi connectivity index (χ0n) is 16.1. The van der Waals surface area contributed by atoms with Crippen LogP contribution in [0.4, 0.5) is 4.39 Å². The highest BCUT2D eigenvalue weighted by Crippen LogP contribution is 2.25. The zero-order valence-corrected chi connectivity index (χ0v) is 16.1. The summed E-state index contributed by atoms with van der Waals surface area (Å²) in [6, 6.07) is 17.8. The van der Waals surface area contributed by atoms with Crippen LogP contribution >= 0.6 is 0 Å². The first-order valence-corrected chi connectivity index (χ1v) is 9.30. The topological polar surface area (TPSA) is 47.6 Å². The largest absolute Gasteiger partial charge is 0.497 e. The highest BCUT2D eigenvalue weighted by molar-refractivity contribution is 5.88. The first kappa shape index (κ1) is 19.7. The van der Waals surface area contributed by atoms with E-state index in [1.54, 1.807) is 19.2 Å².